The van der Waals surface area contributed by atoms with Gasteiger partial charge in [0.2, 0.25) is 5.88 Å². The summed E-state index contributed by atoms with van der Waals surface area (Å²) in [6.07, 6.45) is -4.40. The highest BCUT2D eigenvalue weighted by Crippen LogP contribution is 2.32. The molecular formula is C20H14ClF4N3O5. The Kier molecular flexibility index (Phi) is 6.86. The molecule has 0 aliphatic heterocycles. The van der Waals surface area contributed by atoms with Crippen molar-refractivity contribution in [2.75, 3.05) is 13.7 Å². The largest absolute Gasteiger partial charge is 0.482 e. The number of ether oxygens (including phenoxy) is 3. The first kappa shape index (κ1) is 24.0. The van der Waals surface area contributed by atoms with Gasteiger partial charge in [-0.2, -0.15) is 27.9 Å². The van der Waals surface area contributed by atoms with Crippen molar-refractivity contribution < 1.29 is 36.6 Å². The summed E-state index contributed by atoms with van der Waals surface area (Å²) in [6, 6.07) is 6.57. The Hall–Kier alpha value is -3.67. The van der Waals surface area contributed by atoms with Crippen molar-refractivity contribution in [3.63, 3.8) is 0 Å². The molecule has 0 saturated heterocycles. The molecule has 0 amide bonds. The van der Waals surface area contributed by atoms with Gasteiger partial charge in [0.05, 0.1) is 18.9 Å². The Bertz CT molecular complexity index is 1250. The van der Waals surface area contributed by atoms with E-state index < -0.39 is 40.5 Å². The summed E-state index contributed by atoms with van der Waals surface area (Å²) < 4.78 is 68.9. The van der Waals surface area contributed by atoms with Crippen LogP contribution in [0.4, 0.5) is 17.6 Å². The zero-order valence-corrected chi connectivity index (χ0v) is 17.7. The smallest absolute Gasteiger partial charge is 0.418 e. The van der Waals surface area contributed by atoms with E-state index in [0.29, 0.717) is 16.6 Å². The molecule has 0 N–H and O–H groups in total. The maximum absolute atomic E-state index is 14.5. The predicted molar refractivity (Wildman–Crippen MR) is 106 cm³/mol. The lowest BCUT2D eigenvalue weighted by atomic mass is 10.2. The average Bonchev–Trinajstić information content (AvgIpc) is 2.76. The average molecular weight is 488 g/mol. The molecular weight excluding hydrogens is 474 g/mol. The summed E-state index contributed by atoms with van der Waals surface area (Å²) in [5, 5.41) is 3.13. The molecule has 0 saturated carbocycles. The molecule has 2 aromatic heterocycles. The first-order valence-corrected chi connectivity index (χ1v) is 9.39. The van der Waals surface area contributed by atoms with Gasteiger partial charge >= 0.3 is 12.1 Å². The molecule has 0 aliphatic carbocycles. The Morgan fingerprint density at radius 1 is 1.18 bits per heavy atom. The number of nitrogens with zero attached hydrogens (tertiary/aromatic N) is 3. The third kappa shape index (κ3) is 5.40. The van der Waals surface area contributed by atoms with Crippen molar-refractivity contribution >= 4 is 17.6 Å². The minimum Gasteiger partial charge on any atom is -0.482 e. The maximum atomic E-state index is 14.5. The van der Waals surface area contributed by atoms with Crippen LogP contribution >= 0.6 is 11.6 Å². The van der Waals surface area contributed by atoms with E-state index in [-0.39, 0.29) is 23.3 Å². The molecule has 0 spiro atoms. The zero-order chi connectivity index (χ0) is 24.3. The van der Waals surface area contributed by atoms with Crippen molar-refractivity contribution in [2.24, 2.45) is 0 Å². The van der Waals surface area contributed by atoms with Gasteiger partial charge in [-0.3, -0.25) is 4.79 Å². The predicted octanol–water partition coefficient (Wildman–Crippen LogP) is 4.09. The van der Waals surface area contributed by atoms with E-state index in [1.807, 2.05) is 0 Å². The molecule has 0 atom stereocenters. The molecule has 0 bridgehead atoms. The topological polar surface area (TPSA) is 92.5 Å². The van der Waals surface area contributed by atoms with Crippen LogP contribution in [0.25, 0.3) is 5.82 Å². The molecule has 3 aromatic rings. The standard InChI is InChI=1S/C20H14ClF4N3O5/c1-10-13(20(23,24)25)8-26-28(19(10)30)17-15(22)7-14(21)18(27-17)33-12-5-3-11(4-6-12)32-9-16(29)31-2/h3-8H,9H2,1-2H3. The van der Waals surface area contributed by atoms with Crippen molar-refractivity contribution in [1.29, 1.82) is 0 Å². The molecule has 2 heterocycles. The van der Waals surface area contributed by atoms with Crippen molar-refractivity contribution in [1.82, 2.24) is 14.8 Å². The second-order valence-electron chi connectivity index (χ2n) is 6.42. The number of methoxy groups -OCH3 is 1. The van der Waals surface area contributed by atoms with Gasteiger partial charge in [-0.25, -0.2) is 9.18 Å². The molecule has 0 fully saturated rings. The molecule has 3 rings (SSSR count). The van der Waals surface area contributed by atoms with Gasteiger partial charge in [0.15, 0.2) is 18.2 Å². The van der Waals surface area contributed by atoms with Gasteiger partial charge in [-0.05, 0) is 31.2 Å². The van der Waals surface area contributed by atoms with E-state index in [2.05, 4.69) is 14.8 Å². The Labute approximate surface area is 188 Å². The molecule has 0 unspecified atom stereocenters. The van der Waals surface area contributed by atoms with Gasteiger partial charge < -0.3 is 14.2 Å². The van der Waals surface area contributed by atoms with Crippen molar-refractivity contribution in [3.8, 4) is 23.2 Å². The number of carbonyl (C=O) groups is 1. The summed E-state index contributed by atoms with van der Waals surface area (Å²) in [5.74, 6) is -2.21. The van der Waals surface area contributed by atoms with Gasteiger partial charge in [-0.15, -0.1) is 0 Å². The Morgan fingerprint density at radius 2 is 1.82 bits per heavy atom. The number of carbonyl (C=O) groups excluding carboxylic acids is 1. The first-order valence-electron chi connectivity index (χ1n) is 9.01. The molecule has 1 aromatic carbocycles. The lowest BCUT2D eigenvalue weighted by molar-refractivity contribution is -0.143. The van der Waals surface area contributed by atoms with Gasteiger partial charge in [0.25, 0.3) is 5.56 Å². The summed E-state index contributed by atoms with van der Waals surface area (Å²) in [4.78, 5) is 27.3. The van der Waals surface area contributed by atoms with Crippen LogP contribution in [0.3, 0.4) is 0 Å². The Balaban J connectivity index is 1.91. The van der Waals surface area contributed by atoms with E-state index in [1.165, 1.54) is 31.4 Å². The van der Waals surface area contributed by atoms with Gasteiger partial charge in [0, 0.05) is 11.6 Å². The molecule has 0 radical (unpaired) electrons. The highest BCUT2D eigenvalue weighted by Gasteiger charge is 2.34. The lowest BCUT2D eigenvalue weighted by Crippen LogP contribution is -2.28. The second-order valence-corrected chi connectivity index (χ2v) is 6.82. The van der Waals surface area contributed by atoms with Gasteiger partial charge in [0.1, 0.15) is 16.5 Å². The van der Waals surface area contributed by atoms with E-state index >= 15 is 0 Å². The summed E-state index contributed by atoms with van der Waals surface area (Å²) in [6.45, 7) is 0.637. The third-order valence-corrected chi connectivity index (χ3v) is 4.50. The number of esters is 1. The number of rotatable bonds is 6. The van der Waals surface area contributed by atoms with Crippen LogP contribution in [0.2, 0.25) is 5.02 Å². The fourth-order valence-corrected chi connectivity index (χ4v) is 2.73. The number of pyridine rings is 1. The number of benzene rings is 1. The van der Waals surface area contributed by atoms with Crippen molar-refractivity contribution in [2.45, 2.75) is 13.1 Å². The number of alkyl halides is 3. The van der Waals surface area contributed by atoms with E-state index in [4.69, 9.17) is 21.1 Å². The molecule has 8 nitrogen and oxygen atoms in total. The van der Waals surface area contributed by atoms with Crippen LogP contribution in [-0.4, -0.2) is 34.5 Å². The zero-order valence-electron chi connectivity index (χ0n) is 16.9. The van der Waals surface area contributed by atoms with Crippen LogP contribution in [0.5, 0.6) is 17.4 Å². The minimum atomic E-state index is -4.80. The normalized spacial score (nSPS) is 11.2. The van der Waals surface area contributed by atoms with Gasteiger partial charge in [-0.1, -0.05) is 11.6 Å². The second kappa shape index (κ2) is 9.45. The van der Waals surface area contributed by atoms with E-state index in [9.17, 15) is 27.2 Å². The van der Waals surface area contributed by atoms with Crippen LogP contribution in [0.1, 0.15) is 11.1 Å². The Morgan fingerprint density at radius 3 is 2.42 bits per heavy atom. The van der Waals surface area contributed by atoms with Crippen LogP contribution in [-0.2, 0) is 15.7 Å². The van der Waals surface area contributed by atoms with E-state index in [1.54, 1.807) is 0 Å². The highest BCUT2D eigenvalue weighted by atomic mass is 35.5. The summed E-state index contributed by atoms with van der Waals surface area (Å²) in [7, 11) is 1.21. The SMILES string of the molecule is COC(=O)COc1ccc(Oc2nc(-n3ncc(C(F)(F)F)c(C)c3=O)c(F)cc2Cl)cc1. The molecule has 13 heteroatoms. The first-order chi connectivity index (χ1) is 15.5. The maximum Gasteiger partial charge on any atom is 0.418 e. The molecule has 33 heavy (non-hydrogen) atoms. The third-order valence-electron chi connectivity index (χ3n) is 4.23. The summed E-state index contributed by atoms with van der Waals surface area (Å²) >= 11 is 5.97. The number of hydrogen-bond donors (Lipinski definition) is 0. The number of hydrogen-bond acceptors (Lipinski definition) is 7. The minimum absolute atomic E-state index is 0.177. The summed E-state index contributed by atoms with van der Waals surface area (Å²) in [5.41, 5.74) is -3.14. The van der Waals surface area contributed by atoms with Crippen LogP contribution in [0.15, 0.2) is 41.3 Å². The highest BCUT2D eigenvalue weighted by molar-refractivity contribution is 6.31. The van der Waals surface area contributed by atoms with E-state index in [0.717, 1.165) is 13.0 Å². The molecule has 174 valence electrons. The van der Waals surface area contributed by atoms with Crippen LogP contribution in [0, 0.1) is 12.7 Å². The lowest BCUT2D eigenvalue weighted by Gasteiger charge is -2.13. The fourth-order valence-electron chi connectivity index (χ4n) is 2.55. The monoisotopic (exact) mass is 487 g/mol. The van der Waals surface area contributed by atoms with Crippen molar-refractivity contribution in [3.05, 3.63) is 68.8 Å². The molecule has 0 aliphatic rings. The number of halogens is 5. The fraction of sp³-hybridized carbons (Fsp3) is 0.200. The quantitative estimate of drug-likeness (QED) is 0.382. The van der Waals surface area contributed by atoms with Crippen LogP contribution < -0.4 is 15.0 Å². The number of aromatic nitrogens is 3.